The summed E-state index contributed by atoms with van der Waals surface area (Å²) in [5.41, 5.74) is 0. The Kier molecular flexibility index (Phi) is 4.42. The second-order valence-corrected chi connectivity index (χ2v) is 5.00. The van der Waals surface area contributed by atoms with Crippen LogP contribution in [0.4, 0.5) is 0 Å². The Balaban J connectivity index is 2.36. The maximum absolute atomic E-state index is 11.2. The number of thiophene rings is 1. The number of carbonyl (C=O) groups is 1. The van der Waals surface area contributed by atoms with Crippen LogP contribution in [0.15, 0.2) is 17.5 Å². The predicted octanol–water partition coefficient (Wildman–Crippen LogP) is 2.42. The van der Waals surface area contributed by atoms with Crippen LogP contribution in [0.3, 0.4) is 0 Å². The highest BCUT2D eigenvalue weighted by Gasteiger charge is 2.12. The lowest BCUT2D eigenvalue weighted by Crippen LogP contribution is -2.37. The van der Waals surface area contributed by atoms with Crippen molar-refractivity contribution in [1.82, 2.24) is 5.32 Å². The molecule has 1 aromatic heterocycles. The van der Waals surface area contributed by atoms with Gasteiger partial charge in [0.2, 0.25) is 5.91 Å². The van der Waals surface area contributed by atoms with Crippen LogP contribution in [0.1, 0.15) is 18.7 Å². The van der Waals surface area contributed by atoms with Gasteiger partial charge in [-0.1, -0.05) is 6.07 Å². The molecular formula is C10H14ClNOS. The van der Waals surface area contributed by atoms with Crippen molar-refractivity contribution in [2.24, 2.45) is 0 Å². The van der Waals surface area contributed by atoms with E-state index < -0.39 is 5.38 Å². The summed E-state index contributed by atoms with van der Waals surface area (Å²) in [7, 11) is 0. The van der Waals surface area contributed by atoms with Crippen LogP contribution in [0.2, 0.25) is 0 Å². The summed E-state index contributed by atoms with van der Waals surface area (Å²) < 4.78 is 0. The monoisotopic (exact) mass is 231 g/mol. The molecular weight excluding hydrogens is 218 g/mol. The van der Waals surface area contributed by atoms with E-state index in [1.165, 1.54) is 4.88 Å². The van der Waals surface area contributed by atoms with Gasteiger partial charge in [-0.25, -0.2) is 0 Å². The zero-order chi connectivity index (χ0) is 10.6. The van der Waals surface area contributed by atoms with Gasteiger partial charge in [-0.3, -0.25) is 4.79 Å². The lowest BCUT2D eigenvalue weighted by Gasteiger charge is -2.13. The Morgan fingerprint density at radius 2 is 2.36 bits per heavy atom. The van der Waals surface area contributed by atoms with E-state index in [0.717, 1.165) is 6.42 Å². The van der Waals surface area contributed by atoms with Gasteiger partial charge >= 0.3 is 0 Å². The van der Waals surface area contributed by atoms with E-state index in [-0.39, 0.29) is 11.9 Å². The van der Waals surface area contributed by atoms with Crippen LogP contribution in [-0.2, 0) is 11.2 Å². The van der Waals surface area contributed by atoms with Crippen LogP contribution in [0, 0.1) is 0 Å². The predicted molar refractivity (Wildman–Crippen MR) is 60.9 cm³/mol. The molecule has 1 rings (SSSR count). The molecule has 0 aromatic carbocycles. The number of hydrogen-bond donors (Lipinski definition) is 1. The number of amides is 1. The van der Waals surface area contributed by atoms with Gasteiger partial charge in [-0.2, -0.15) is 0 Å². The fourth-order valence-electron chi connectivity index (χ4n) is 1.14. The van der Waals surface area contributed by atoms with Gasteiger partial charge in [0.25, 0.3) is 0 Å². The van der Waals surface area contributed by atoms with Crippen LogP contribution < -0.4 is 5.32 Å². The van der Waals surface area contributed by atoms with Gasteiger partial charge < -0.3 is 5.32 Å². The van der Waals surface area contributed by atoms with E-state index in [0.29, 0.717) is 0 Å². The van der Waals surface area contributed by atoms with E-state index in [1.807, 2.05) is 18.4 Å². The molecule has 1 amide bonds. The first-order valence-corrected chi connectivity index (χ1v) is 5.88. The molecule has 2 unspecified atom stereocenters. The van der Waals surface area contributed by atoms with E-state index in [2.05, 4.69) is 11.4 Å². The Bertz CT molecular complexity index is 284. The summed E-state index contributed by atoms with van der Waals surface area (Å²) in [5.74, 6) is -0.101. The van der Waals surface area contributed by atoms with Gasteiger partial charge in [-0.15, -0.1) is 22.9 Å². The van der Waals surface area contributed by atoms with E-state index in [1.54, 1.807) is 18.3 Å². The Morgan fingerprint density at radius 3 is 2.86 bits per heavy atom. The van der Waals surface area contributed by atoms with Gasteiger partial charge in [0.1, 0.15) is 5.38 Å². The zero-order valence-electron chi connectivity index (χ0n) is 8.29. The second kappa shape index (κ2) is 5.37. The molecule has 0 aliphatic rings. The van der Waals surface area contributed by atoms with Crippen molar-refractivity contribution in [3.8, 4) is 0 Å². The molecule has 0 saturated heterocycles. The SMILES string of the molecule is CC(Cc1cccs1)NC(=O)C(C)Cl. The van der Waals surface area contributed by atoms with Crippen LogP contribution in [0.5, 0.6) is 0 Å². The molecule has 1 heterocycles. The molecule has 4 heteroatoms. The number of halogens is 1. The fourth-order valence-corrected chi connectivity index (χ4v) is 2.04. The molecule has 1 aromatic rings. The largest absolute Gasteiger partial charge is 0.352 e. The zero-order valence-corrected chi connectivity index (χ0v) is 9.86. The Morgan fingerprint density at radius 1 is 1.64 bits per heavy atom. The molecule has 0 radical (unpaired) electrons. The third kappa shape index (κ3) is 3.68. The smallest absolute Gasteiger partial charge is 0.237 e. The molecule has 0 aliphatic heterocycles. The van der Waals surface area contributed by atoms with E-state index in [4.69, 9.17) is 11.6 Å². The third-order valence-corrected chi connectivity index (χ3v) is 2.93. The summed E-state index contributed by atoms with van der Waals surface area (Å²) >= 11 is 7.35. The van der Waals surface area contributed by atoms with Crippen molar-refractivity contribution in [2.75, 3.05) is 0 Å². The van der Waals surface area contributed by atoms with Gasteiger partial charge in [-0.05, 0) is 25.3 Å². The van der Waals surface area contributed by atoms with Crippen LogP contribution >= 0.6 is 22.9 Å². The van der Waals surface area contributed by atoms with Crippen molar-refractivity contribution in [2.45, 2.75) is 31.7 Å². The quantitative estimate of drug-likeness (QED) is 0.793. The number of nitrogens with one attached hydrogen (secondary N) is 1. The Hall–Kier alpha value is -0.540. The number of rotatable bonds is 4. The highest BCUT2D eigenvalue weighted by Crippen LogP contribution is 2.11. The number of hydrogen-bond acceptors (Lipinski definition) is 2. The van der Waals surface area contributed by atoms with Crippen molar-refractivity contribution >= 4 is 28.8 Å². The molecule has 0 aliphatic carbocycles. The molecule has 2 atom stereocenters. The summed E-state index contributed by atoms with van der Waals surface area (Å²) in [6.07, 6.45) is 0.868. The normalized spacial score (nSPS) is 14.8. The highest BCUT2D eigenvalue weighted by molar-refractivity contribution is 7.09. The number of carbonyl (C=O) groups excluding carboxylic acids is 1. The minimum atomic E-state index is -0.458. The molecule has 0 bridgehead atoms. The van der Waals surface area contributed by atoms with Gasteiger partial charge in [0, 0.05) is 17.3 Å². The van der Waals surface area contributed by atoms with Crippen molar-refractivity contribution < 1.29 is 4.79 Å². The molecule has 0 fully saturated rings. The maximum atomic E-state index is 11.2. The van der Waals surface area contributed by atoms with Crippen molar-refractivity contribution in [3.05, 3.63) is 22.4 Å². The summed E-state index contributed by atoms with van der Waals surface area (Å²) in [5, 5.41) is 4.43. The first kappa shape index (κ1) is 11.5. The van der Waals surface area contributed by atoms with Crippen LogP contribution in [-0.4, -0.2) is 17.3 Å². The fraction of sp³-hybridized carbons (Fsp3) is 0.500. The lowest BCUT2D eigenvalue weighted by atomic mass is 10.2. The Labute approximate surface area is 93.3 Å². The summed E-state index contributed by atoms with van der Waals surface area (Å²) in [6.45, 7) is 3.66. The van der Waals surface area contributed by atoms with Crippen molar-refractivity contribution in [1.29, 1.82) is 0 Å². The minimum absolute atomic E-state index is 0.101. The summed E-state index contributed by atoms with van der Waals surface area (Å²) in [4.78, 5) is 12.5. The first-order valence-electron chi connectivity index (χ1n) is 4.56. The molecule has 0 saturated carbocycles. The third-order valence-electron chi connectivity index (χ3n) is 1.84. The van der Waals surface area contributed by atoms with Gasteiger partial charge in [0.05, 0.1) is 0 Å². The van der Waals surface area contributed by atoms with E-state index in [9.17, 15) is 4.79 Å². The first-order chi connectivity index (χ1) is 6.59. The van der Waals surface area contributed by atoms with E-state index >= 15 is 0 Å². The average Bonchev–Trinajstić information content (AvgIpc) is 2.56. The maximum Gasteiger partial charge on any atom is 0.237 e. The topological polar surface area (TPSA) is 29.1 Å². The van der Waals surface area contributed by atoms with Crippen molar-refractivity contribution in [3.63, 3.8) is 0 Å². The standard InChI is InChI=1S/C10H14ClNOS/c1-7(12-10(13)8(2)11)6-9-4-3-5-14-9/h3-5,7-8H,6H2,1-2H3,(H,12,13). The molecule has 2 nitrogen and oxygen atoms in total. The lowest BCUT2D eigenvalue weighted by molar-refractivity contribution is -0.121. The second-order valence-electron chi connectivity index (χ2n) is 3.31. The molecule has 14 heavy (non-hydrogen) atoms. The summed E-state index contributed by atoms with van der Waals surface area (Å²) in [6, 6.07) is 4.22. The number of alkyl halides is 1. The molecule has 78 valence electrons. The highest BCUT2D eigenvalue weighted by atomic mass is 35.5. The minimum Gasteiger partial charge on any atom is -0.352 e. The molecule has 0 spiro atoms. The molecule has 1 N–H and O–H groups in total. The van der Waals surface area contributed by atoms with Crippen LogP contribution in [0.25, 0.3) is 0 Å². The van der Waals surface area contributed by atoms with Gasteiger partial charge in [0.15, 0.2) is 0 Å². The average molecular weight is 232 g/mol.